The third kappa shape index (κ3) is 5.93. The molecule has 3 heterocycles. The summed E-state index contributed by atoms with van der Waals surface area (Å²) in [5.41, 5.74) is 10.4. The number of rotatable bonds is 6. The van der Waals surface area contributed by atoms with Gasteiger partial charge in [-0.05, 0) is 45.8 Å². The molecule has 11 aromatic rings. The highest BCUT2D eigenvalue weighted by Gasteiger charge is 2.18. The quantitative estimate of drug-likeness (QED) is 0.159. The lowest BCUT2D eigenvalue weighted by Gasteiger charge is -2.12. The lowest BCUT2D eigenvalue weighted by molar-refractivity contribution is 1.07. The summed E-state index contributed by atoms with van der Waals surface area (Å²) in [7, 11) is 0. The second kappa shape index (κ2) is 13.7. The Labute approximate surface area is 333 Å². The first kappa shape index (κ1) is 33.0. The van der Waals surface area contributed by atoms with E-state index in [1.165, 1.54) is 36.5 Å². The molecule has 0 fully saturated rings. The van der Waals surface area contributed by atoms with Crippen LogP contribution >= 0.6 is 11.3 Å². The largest absolute Gasteiger partial charge is 0.246 e. The van der Waals surface area contributed by atoms with E-state index in [1.54, 1.807) is 0 Å². The molecule has 0 radical (unpaired) electrons. The van der Waals surface area contributed by atoms with E-state index in [0.717, 1.165) is 55.5 Å². The van der Waals surface area contributed by atoms with Gasteiger partial charge in [0.25, 0.3) is 0 Å². The molecule has 4 nitrogen and oxygen atoms in total. The van der Waals surface area contributed by atoms with E-state index in [1.807, 2.05) is 47.7 Å². The van der Waals surface area contributed by atoms with E-state index in [4.69, 9.17) is 19.9 Å². The lowest BCUT2D eigenvalue weighted by Crippen LogP contribution is -2.00. The maximum absolute atomic E-state index is 5.48. The monoisotopic (exact) mass is 744 g/mol. The van der Waals surface area contributed by atoms with Crippen molar-refractivity contribution in [1.82, 2.24) is 19.9 Å². The van der Waals surface area contributed by atoms with Crippen molar-refractivity contribution in [2.24, 2.45) is 0 Å². The first-order valence-corrected chi connectivity index (χ1v) is 19.9. The van der Waals surface area contributed by atoms with Crippen LogP contribution in [0.1, 0.15) is 0 Å². The van der Waals surface area contributed by atoms with Crippen LogP contribution in [-0.2, 0) is 0 Å². The molecule has 8 aromatic carbocycles. The number of pyridine rings is 1. The van der Waals surface area contributed by atoms with Crippen LogP contribution in [0.2, 0.25) is 0 Å². The number of hydrogen-bond donors (Lipinski definition) is 0. The molecule has 0 spiro atoms. The average Bonchev–Trinajstić information content (AvgIpc) is 3.69. The van der Waals surface area contributed by atoms with Crippen LogP contribution in [0.5, 0.6) is 0 Å². The van der Waals surface area contributed by atoms with Gasteiger partial charge in [0, 0.05) is 48.5 Å². The molecule has 57 heavy (non-hydrogen) atoms. The van der Waals surface area contributed by atoms with E-state index < -0.39 is 0 Å². The van der Waals surface area contributed by atoms with Crippen molar-refractivity contribution >= 4 is 53.2 Å². The van der Waals surface area contributed by atoms with Gasteiger partial charge in [0.15, 0.2) is 17.5 Å². The molecule has 3 aromatic heterocycles. The van der Waals surface area contributed by atoms with Crippen molar-refractivity contribution in [2.75, 3.05) is 0 Å². The highest BCUT2D eigenvalue weighted by atomic mass is 32.1. The predicted molar refractivity (Wildman–Crippen MR) is 238 cm³/mol. The van der Waals surface area contributed by atoms with Gasteiger partial charge in [-0.25, -0.2) is 19.9 Å². The third-order valence-electron chi connectivity index (χ3n) is 10.7. The number of fused-ring (bicyclic) bond motifs is 7. The highest BCUT2D eigenvalue weighted by molar-refractivity contribution is 7.26. The molecule has 0 atom stereocenters. The van der Waals surface area contributed by atoms with Gasteiger partial charge in [0.2, 0.25) is 0 Å². The minimum Gasteiger partial charge on any atom is -0.246 e. The fourth-order valence-electron chi connectivity index (χ4n) is 7.89. The SMILES string of the molecule is c1ccc(-c2ccc(-c3nc(-c4ccccc4)nc(-c4cccc(-c5cccc(-c6nc7c8ccccc8ccc7c7c6sc6ccccc67)c5)c4)n3)cc2)cc1. The van der Waals surface area contributed by atoms with Crippen LogP contribution in [0.15, 0.2) is 194 Å². The number of aromatic nitrogens is 4. The summed E-state index contributed by atoms with van der Waals surface area (Å²) >= 11 is 1.82. The van der Waals surface area contributed by atoms with Gasteiger partial charge in [-0.3, -0.25) is 0 Å². The zero-order valence-corrected chi connectivity index (χ0v) is 31.5. The van der Waals surface area contributed by atoms with Gasteiger partial charge < -0.3 is 0 Å². The maximum atomic E-state index is 5.48. The van der Waals surface area contributed by atoms with E-state index in [9.17, 15) is 0 Å². The van der Waals surface area contributed by atoms with Crippen LogP contribution in [0.25, 0.3) is 110 Å². The fraction of sp³-hybridized carbons (Fsp3) is 0. The summed E-state index contributed by atoms with van der Waals surface area (Å²) in [6, 6.07) is 67.9. The van der Waals surface area contributed by atoms with Crippen LogP contribution < -0.4 is 0 Å². The standard InChI is InChI=1S/C52H32N4S/c1-3-13-33(14-4-1)34-25-27-37(28-26-34)51-54-50(36-16-5-2-6-17-36)55-52(56-51)41-21-12-19-39(32-41)38-18-11-20-40(31-38)47-49-46(43-23-9-10-24-45(43)57-49)44-30-29-35-15-7-8-22-42(35)48(44)53-47/h1-32H. The molecule has 0 amide bonds. The highest BCUT2D eigenvalue weighted by Crippen LogP contribution is 2.44. The number of thiophene rings is 1. The Balaban J connectivity index is 1.03. The van der Waals surface area contributed by atoms with Gasteiger partial charge in [0.1, 0.15) is 0 Å². The summed E-state index contributed by atoms with van der Waals surface area (Å²) in [5, 5.41) is 6.07. The van der Waals surface area contributed by atoms with Crippen LogP contribution in [0.4, 0.5) is 0 Å². The molecule has 0 unspecified atom stereocenters. The first-order chi connectivity index (χ1) is 28.2. The lowest BCUT2D eigenvalue weighted by atomic mass is 9.97. The second-order valence-electron chi connectivity index (χ2n) is 14.2. The fourth-order valence-corrected chi connectivity index (χ4v) is 9.12. The zero-order chi connectivity index (χ0) is 37.7. The van der Waals surface area contributed by atoms with Gasteiger partial charge in [-0.2, -0.15) is 0 Å². The molecule has 266 valence electrons. The van der Waals surface area contributed by atoms with Crippen LogP contribution in [0, 0.1) is 0 Å². The summed E-state index contributed by atoms with van der Waals surface area (Å²) in [5.74, 6) is 1.89. The second-order valence-corrected chi connectivity index (χ2v) is 15.3. The molecule has 0 aliphatic rings. The molecule has 0 saturated carbocycles. The Kier molecular flexibility index (Phi) is 7.97. The van der Waals surface area contributed by atoms with Crippen molar-refractivity contribution in [3.05, 3.63) is 194 Å². The summed E-state index contributed by atoms with van der Waals surface area (Å²) in [6.07, 6.45) is 0. The predicted octanol–water partition coefficient (Wildman–Crippen LogP) is 13.9. The Bertz CT molecular complexity index is 3280. The molecule has 0 aliphatic heterocycles. The molecule has 0 saturated heterocycles. The number of nitrogens with zero attached hydrogens (tertiary/aromatic N) is 4. The Morgan fingerprint density at radius 2 is 0.825 bits per heavy atom. The molecule has 0 bridgehead atoms. The Morgan fingerprint density at radius 3 is 1.56 bits per heavy atom. The van der Waals surface area contributed by atoms with E-state index in [2.05, 4.69) is 158 Å². The Hall–Kier alpha value is -7.34. The van der Waals surface area contributed by atoms with E-state index in [-0.39, 0.29) is 0 Å². The summed E-state index contributed by atoms with van der Waals surface area (Å²) in [6.45, 7) is 0. The molecule has 0 aliphatic carbocycles. The molecule has 5 heteroatoms. The van der Waals surface area contributed by atoms with Crippen LogP contribution in [-0.4, -0.2) is 19.9 Å². The smallest absolute Gasteiger partial charge is 0.164 e. The maximum Gasteiger partial charge on any atom is 0.164 e. The van der Waals surface area contributed by atoms with Crippen molar-refractivity contribution in [3.63, 3.8) is 0 Å². The van der Waals surface area contributed by atoms with Gasteiger partial charge in [-0.1, -0.05) is 176 Å². The topological polar surface area (TPSA) is 51.6 Å². The van der Waals surface area contributed by atoms with Crippen LogP contribution in [0.3, 0.4) is 0 Å². The van der Waals surface area contributed by atoms with Crippen molar-refractivity contribution in [2.45, 2.75) is 0 Å². The van der Waals surface area contributed by atoms with Crippen molar-refractivity contribution in [1.29, 1.82) is 0 Å². The summed E-state index contributed by atoms with van der Waals surface area (Å²) in [4.78, 5) is 20.6. The molecule has 11 rings (SSSR count). The zero-order valence-electron chi connectivity index (χ0n) is 30.7. The molecular formula is C52H32N4S. The summed E-state index contributed by atoms with van der Waals surface area (Å²) < 4.78 is 2.46. The minimum atomic E-state index is 0.624. The van der Waals surface area contributed by atoms with Gasteiger partial charge in [-0.15, -0.1) is 11.3 Å². The normalized spacial score (nSPS) is 11.5. The van der Waals surface area contributed by atoms with Crippen molar-refractivity contribution in [3.8, 4) is 67.7 Å². The average molecular weight is 745 g/mol. The first-order valence-electron chi connectivity index (χ1n) is 19.0. The Morgan fingerprint density at radius 1 is 0.316 bits per heavy atom. The van der Waals surface area contributed by atoms with Crippen molar-refractivity contribution < 1.29 is 0 Å². The van der Waals surface area contributed by atoms with Gasteiger partial charge >= 0.3 is 0 Å². The minimum absolute atomic E-state index is 0.624. The van der Waals surface area contributed by atoms with E-state index in [0.29, 0.717) is 17.5 Å². The van der Waals surface area contributed by atoms with E-state index >= 15 is 0 Å². The van der Waals surface area contributed by atoms with Gasteiger partial charge in [0.05, 0.1) is 15.9 Å². The molecule has 0 N–H and O–H groups in total. The number of benzene rings is 8. The third-order valence-corrected chi connectivity index (χ3v) is 11.9. The number of hydrogen-bond acceptors (Lipinski definition) is 5. The molecular weight excluding hydrogens is 713 g/mol.